The first-order chi connectivity index (χ1) is 13.8. The highest BCUT2D eigenvalue weighted by atomic mass is 32.2. The van der Waals surface area contributed by atoms with Crippen LogP contribution in [0.4, 0.5) is 0 Å². The zero-order chi connectivity index (χ0) is 20.8. The summed E-state index contributed by atoms with van der Waals surface area (Å²) in [5.41, 5.74) is 1.94. The molecule has 2 amide bonds. The zero-order valence-electron chi connectivity index (χ0n) is 15.7. The van der Waals surface area contributed by atoms with Gasteiger partial charge in [0.2, 0.25) is 0 Å². The summed E-state index contributed by atoms with van der Waals surface area (Å²) in [4.78, 5) is 26.8. The van der Waals surface area contributed by atoms with Gasteiger partial charge in [0.1, 0.15) is 24.0 Å². The molecule has 0 aromatic heterocycles. The third kappa shape index (κ3) is 3.38. The van der Waals surface area contributed by atoms with E-state index in [2.05, 4.69) is 0 Å². The molecule has 1 aromatic rings. The molecule has 3 aliphatic rings. The van der Waals surface area contributed by atoms with Crippen molar-refractivity contribution in [1.82, 2.24) is 4.90 Å². The van der Waals surface area contributed by atoms with E-state index in [1.54, 1.807) is 13.0 Å². The number of imide groups is 1. The fourth-order valence-electron chi connectivity index (χ4n) is 3.81. The predicted molar refractivity (Wildman–Crippen MR) is 105 cm³/mol. The average molecular weight is 410 g/mol. The quantitative estimate of drug-likeness (QED) is 0.544. The number of carbonyl (C=O) groups excluding carboxylic acids is 2. The number of hydrogen-bond donors (Lipinski definition) is 0. The number of ether oxygens (including phenoxy) is 1. The summed E-state index contributed by atoms with van der Waals surface area (Å²) in [5.74, 6) is -0.910. The Bertz CT molecular complexity index is 1170. The molecule has 29 heavy (non-hydrogen) atoms. The third-order valence-corrected chi connectivity index (χ3v) is 7.08. The lowest BCUT2D eigenvalue weighted by molar-refractivity contribution is -0.142. The molecule has 7 nitrogen and oxygen atoms in total. The van der Waals surface area contributed by atoms with Crippen molar-refractivity contribution in [2.45, 2.75) is 19.4 Å². The van der Waals surface area contributed by atoms with E-state index in [0.29, 0.717) is 5.57 Å². The van der Waals surface area contributed by atoms with Crippen LogP contribution in [-0.2, 0) is 19.4 Å². The topological polar surface area (TPSA) is 105 Å². The zero-order valence-corrected chi connectivity index (χ0v) is 16.5. The molecule has 1 fully saturated rings. The molecule has 0 aliphatic carbocycles. The molecule has 1 aromatic carbocycles. The van der Waals surface area contributed by atoms with E-state index in [1.807, 2.05) is 36.4 Å². The van der Waals surface area contributed by atoms with Gasteiger partial charge in [0.05, 0.1) is 17.5 Å². The minimum atomic E-state index is -3.30. The maximum atomic E-state index is 13.2. The van der Waals surface area contributed by atoms with Crippen LogP contribution in [0.3, 0.4) is 0 Å². The highest BCUT2D eigenvalue weighted by molar-refractivity contribution is 7.91. The molecule has 3 heterocycles. The van der Waals surface area contributed by atoms with E-state index in [4.69, 9.17) is 4.74 Å². The van der Waals surface area contributed by atoms with Crippen molar-refractivity contribution in [3.8, 4) is 11.8 Å². The van der Waals surface area contributed by atoms with Crippen LogP contribution >= 0.6 is 0 Å². The Morgan fingerprint density at radius 3 is 2.69 bits per heavy atom. The van der Waals surface area contributed by atoms with E-state index in [-0.39, 0.29) is 35.7 Å². The second-order valence-corrected chi connectivity index (χ2v) is 9.48. The molecule has 1 atom stereocenters. The van der Waals surface area contributed by atoms with Gasteiger partial charge in [-0.1, -0.05) is 18.2 Å². The van der Waals surface area contributed by atoms with Gasteiger partial charge in [-0.3, -0.25) is 14.5 Å². The number of nitriles is 1. The lowest BCUT2D eigenvalue weighted by atomic mass is 9.92. The first kappa shape index (κ1) is 19.2. The lowest BCUT2D eigenvalue weighted by Gasteiger charge is -2.31. The van der Waals surface area contributed by atoms with Crippen LogP contribution in [0.5, 0.6) is 5.75 Å². The van der Waals surface area contributed by atoms with E-state index < -0.39 is 27.7 Å². The van der Waals surface area contributed by atoms with Gasteiger partial charge in [0.25, 0.3) is 11.8 Å². The normalized spacial score (nSPS) is 24.8. The van der Waals surface area contributed by atoms with Gasteiger partial charge in [0.15, 0.2) is 9.84 Å². The number of rotatable bonds is 2. The standard InChI is InChI=1S/C21H18N2O5S/c1-13-17(9-14-8-15-4-2-3-5-19(15)28-11-14)20(24)23(21(25)18(13)10-22)16-6-7-29(26,27)12-16/h2-5,8-9,16H,6-7,11-12H2,1H3/b17-9-/t16-/m0/s1. The number of hydrogen-bond acceptors (Lipinski definition) is 6. The van der Waals surface area contributed by atoms with Crippen LogP contribution in [0.15, 0.2) is 52.6 Å². The van der Waals surface area contributed by atoms with E-state index in [9.17, 15) is 23.3 Å². The Kier molecular flexibility index (Phi) is 4.63. The van der Waals surface area contributed by atoms with Gasteiger partial charge in [-0.15, -0.1) is 0 Å². The fourth-order valence-corrected chi connectivity index (χ4v) is 5.51. The second-order valence-electron chi connectivity index (χ2n) is 7.25. The van der Waals surface area contributed by atoms with Gasteiger partial charge in [0, 0.05) is 11.1 Å². The number of para-hydroxylation sites is 1. The van der Waals surface area contributed by atoms with Gasteiger partial charge in [-0.2, -0.15) is 5.26 Å². The Morgan fingerprint density at radius 2 is 2.00 bits per heavy atom. The molecule has 3 aliphatic heterocycles. The largest absolute Gasteiger partial charge is 0.488 e. The van der Waals surface area contributed by atoms with Crippen molar-refractivity contribution in [3.05, 3.63) is 58.2 Å². The first-order valence-corrected chi connectivity index (χ1v) is 11.0. The van der Waals surface area contributed by atoms with Crippen LogP contribution < -0.4 is 4.74 Å². The summed E-state index contributed by atoms with van der Waals surface area (Å²) in [6, 6.07) is 8.60. The van der Waals surface area contributed by atoms with Crippen molar-refractivity contribution in [2.24, 2.45) is 0 Å². The predicted octanol–water partition coefficient (Wildman–Crippen LogP) is 1.78. The number of nitrogens with zero attached hydrogens (tertiary/aromatic N) is 2. The summed E-state index contributed by atoms with van der Waals surface area (Å²) in [7, 11) is -3.30. The number of sulfone groups is 1. The van der Waals surface area contributed by atoms with Gasteiger partial charge < -0.3 is 4.74 Å². The third-order valence-electron chi connectivity index (χ3n) is 5.33. The molecule has 1 saturated heterocycles. The lowest BCUT2D eigenvalue weighted by Crippen LogP contribution is -2.49. The number of carbonyl (C=O) groups is 2. The van der Waals surface area contributed by atoms with Crippen LogP contribution in [0.25, 0.3) is 6.08 Å². The molecule has 0 N–H and O–H groups in total. The monoisotopic (exact) mass is 410 g/mol. The van der Waals surface area contributed by atoms with Gasteiger partial charge in [-0.05, 0) is 42.7 Å². The van der Waals surface area contributed by atoms with Crippen molar-refractivity contribution in [1.29, 1.82) is 5.26 Å². The molecule has 0 bridgehead atoms. The van der Waals surface area contributed by atoms with Crippen molar-refractivity contribution < 1.29 is 22.7 Å². The highest BCUT2D eigenvalue weighted by Gasteiger charge is 2.43. The van der Waals surface area contributed by atoms with Crippen LogP contribution in [-0.4, -0.2) is 49.3 Å². The number of benzene rings is 1. The highest BCUT2D eigenvalue weighted by Crippen LogP contribution is 2.32. The van der Waals surface area contributed by atoms with E-state index in [0.717, 1.165) is 21.8 Å². The molecular formula is C21H18N2O5S. The minimum absolute atomic E-state index is 0.0753. The molecule has 8 heteroatoms. The molecule has 0 radical (unpaired) electrons. The van der Waals surface area contributed by atoms with Gasteiger partial charge >= 0.3 is 0 Å². The van der Waals surface area contributed by atoms with Crippen LogP contribution in [0, 0.1) is 11.3 Å². The Morgan fingerprint density at radius 1 is 1.24 bits per heavy atom. The van der Waals surface area contributed by atoms with Crippen molar-refractivity contribution >= 4 is 27.7 Å². The molecule has 0 spiro atoms. The summed E-state index contributed by atoms with van der Waals surface area (Å²) in [6.45, 7) is 1.80. The van der Waals surface area contributed by atoms with Crippen molar-refractivity contribution in [2.75, 3.05) is 18.1 Å². The molecule has 148 valence electrons. The maximum absolute atomic E-state index is 13.2. The summed E-state index contributed by atoms with van der Waals surface area (Å²) < 4.78 is 29.4. The molecule has 4 rings (SSSR count). The fraction of sp³-hybridized carbons (Fsp3) is 0.286. The Labute approximate surface area is 168 Å². The maximum Gasteiger partial charge on any atom is 0.271 e. The molecular weight excluding hydrogens is 392 g/mol. The molecule has 0 unspecified atom stereocenters. The van der Waals surface area contributed by atoms with Crippen LogP contribution in [0.2, 0.25) is 0 Å². The average Bonchev–Trinajstić information content (AvgIpc) is 3.05. The Balaban J connectivity index is 1.77. The minimum Gasteiger partial charge on any atom is -0.488 e. The Hall–Kier alpha value is -3.18. The summed E-state index contributed by atoms with van der Waals surface area (Å²) in [6.07, 6.45) is 3.69. The SMILES string of the molecule is CC1=C(C#N)C(=O)N([C@H]2CCS(=O)(=O)C2)C(=O)/C1=C\C1=Cc2ccccc2OC1. The number of fused-ring (bicyclic) bond motifs is 1. The van der Waals surface area contributed by atoms with Gasteiger partial charge in [-0.25, -0.2) is 8.42 Å². The summed E-state index contributed by atoms with van der Waals surface area (Å²) in [5, 5.41) is 9.48. The smallest absolute Gasteiger partial charge is 0.271 e. The molecule has 0 saturated carbocycles. The summed E-state index contributed by atoms with van der Waals surface area (Å²) >= 11 is 0. The number of amides is 2. The second kappa shape index (κ2) is 7.01. The van der Waals surface area contributed by atoms with Crippen molar-refractivity contribution in [3.63, 3.8) is 0 Å². The van der Waals surface area contributed by atoms with Crippen LogP contribution in [0.1, 0.15) is 18.9 Å². The van der Waals surface area contributed by atoms with E-state index in [1.165, 1.54) is 0 Å². The first-order valence-electron chi connectivity index (χ1n) is 9.14. The van der Waals surface area contributed by atoms with E-state index >= 15 is 0 Å².